The second-order valence-electron chi connectivity index (χ2n) is 4.53. The van der Waals surface area contributed by atoms with E-state index in [1.807, 2.05) is 0 Å². The van der Waals surface area contributed by atoms with E-state index in [2.05, 4.69) is 5.32 Å². The first-order valence-corrected chi connectivity index (χ1v) is 6.84. The maximum atomic E-state index is 11.8. The Morgan fingerprint density at radius 2 is 2.09 bits per heavy atom. The van der Waals surface area contributed by atoms with Crippen LogP contribution < -0.4 is 10.1 Å². The van der Waals surface area contributed by atoms with E-state index in [1.54, 1.807) is 18.2 Å². The van der Waals surface area contributed by atoms with Crippen LogP contribution in [0.3, 0.4) is 0 Å². The summed E-state index contributed by atoms with van der Waals surface area (Å²) in [6.07, 6.45) is 0. The molecule has 0 unspecified atom stereocenters. The zero-order valence-electron chi connectivity index (χ0n) is 12.5. The number of para-hydroxylation sites is 2. The van der Waals surface area contributed by atoms with Crippen LogP contribution in [0.1, 0.15) is 16.3 Å². The minimum atomic E-state index is -0.522. The van der Waals surface area contributed by atoms with Gasteiger partial charge < -0.3 is 19.2 Å². The molecule has 0 saturated heterocycles. The Morgan fingerprint density at radius 3 is 2.83 bits per heavy atom. The molecule has 1 aromatic heterocycles. The molecule has 0 radical (unpaired) electrons. The Bertz CT molecular complexity index is 682. The van der Waals surface area contributed by atoms with Crippen LogP contribution in [0.5, 0.6) is 5.75 Å². The monoisotopic (exact) mass is 320 g/mol. The Labute approximate surface area is 132 Å². The van der Waals surface area contributed by atoms with Gasteiger partial charge in [-0.1, -0.05) is 12.1 Å². The molecule has 0 fully saturated rings. The molecule has 8 heteroatoms. The van der Waals surface area contributed by atoms with Gasteiger partial charge in [0, 0.05) is 19.7 Å². The van der Waals surface area contributed by atoms with Crippen LogP contribution in [0, 0.1) is 10.1 Å². The third-order valence-electron chi connectivity index (χ3n) is 2.91. The molecule has 8 nitrogen and oxygen atoms in total. The van der Waals surface area contributed by atoms with E-state index in [4.69, 9.17) is 13.9 Å². The molecule has 1 heterocycles. The maximum absolute atomic E-state index is 11.8. The first kappa shape index (κ1) is 16.5. The number of amides is 1. The van der Waals surface area contributed by atoms with Crippen molar-refractivity contribution in [1.29, 1.82) is 0 Å². The van der Waals surface area contributed by atoms with Gasteiger partial charge in [0.1, 0.15) is 12.4 Å². The minimum absolute atomic E-state index is 0.0177. The molecule has 23 heavy (non-hydrogen) atoms. The number of furan rings is 1. The molecule has 0 bridgehead atoms. The molecule has 2 aromatic rings. The summed E-state index contributed by atoms with van der Waals surface area (Å²) in [5, 5.41) is 13.5. The largest absolute Gasteiger partial charge is 0.479 e. The lowest BCUT2D eigenvalue weighted by Gasteiger charge is -2.04. The van der Waals surface area contributed by atoms with Crippen LogP contribution in [0.4, 0.5) is 5.69 Å². The summed E-state index contributed by atoms with van der Waals surface area (Å²) in [6, 6.07) is 9.14. The van der Waals surface area contributed by atoms with Gasteiger partial charge in [-0.3, -0.25) is 14.9 Å². The van der Waals surface area contributed by atoms with Crippen molar-refractivity contribution in [3.05, 3.63) is 58.0 Å². The van der Waals surface area contributed by atoms with Crippen molar-refractivity contribution >= 4 is 11.6 Å². The molecular weight excluding hydrogens is 304 g/mol. The van der Waals surface area contributed by atoms with Crippen molar-refractivity contribution in [3.8, 4) is 5.75 Å². The summed E-state index contributed by atoms with van der Waals surface area (Å²) in [5.74, 6) is 0.307. The van der Waals surface area contributed by atoms with E-state index in [0.29, 0.717) is 18.9 Å². The highest BCUT2D eigenvalue weighted by Crippen LogP contribution is 2.26. The van der Waals surface area contributed by atoms with Gasteiger partial charge in [-0.15, -0.1) is 0 Å². The average molecular weight is 320 g/mol. The van der Waals surface area contributed by atoms with E-state index in [1.165, 1.54) is 25.3 Å². The predicted molar refractivity (Wildman–Crippen MR) is 80.3 cm³/mol. The van der Waals surface area contributed by atoms with Crippen LogP contribution in [0.2, 0.25) is 0 Å². The highest BCUT2D eigenvalue weighted by atomic mass is 16.6. The fraction of sp³-hybridized carbons (Fsp3) is 0.267. The van der Waals surface area contributed by atoms with Gasteiger partial charge in [-0.25, -0.2) is 0 Å². The second-order valence-corrected chi connectivity index (χ2v) is 4.53. The van der Waals surface area contributed by atoms with E-state index >= 15 is 0 Å². The van der Waals surface area contributed by atoms with Crippen LogP contribution in [-0.4, -0.2) is 31.1 Å². The number of nitrogens with zero attached hydrogens (tertiary/aromatic N) is 1. The van der Waals surface area contributed by atoms with Crippen LogP contribution >= 0.6 is 0 Å². The molecule has 0 saturated carbocycles. The van der Waals surface area contributed by atoms with Crippen molar-refractivity contribution in [2.45, 2.75) is 6.61 Å². The second kappa shape index (κ2) is 7.95. The number of hydrogen-bond acceptors (Lipinski definition) is 6. The number of rotatable bonds is 8. The van der Waals surface area contributed by atoms with E-state index in [9.17, 15) is 14.9 Å². The highest BCUT2D eigenvalue weighted by molar-refractivity contribution is 5.91. The standard InChI is InChI=1S/C15H16N2O6/c1-21-9-8-16-15(18)14-7-6-11(23-14)10-22-13-5-3-2-4-12(13)17(19)20/h2-7H,8-10H2,1H3,(H,16,18). The normalized spacial score (nSPS) is 10.3. The molecule has 0 aliphatic heterocycles. The quantitative estimate of drug-likeness (QED) is 0.454. The summed E-state index contributed by atoms with van der Waals surface area (Å²) < 4.78 is 15.6. The van der Waals surface area contributed by atoms with Crippen molar-refractivity contribution < 1.29 is 23.6 Å². The fourth-order valence-electron chi connectivity index (χ4n) is 1.81. The number of nitro benzene ring substituents is 1. The number of ether oxygens (including phenoxy) is 2. The van der Waals surface area contributed by atoms with Crippen molar-refractivity contribution in [2.24, 2.45) is 0 Å². The van der Waals surface area contributed by atoms with Crippen LogP contribution in [0.15, 0.2) is 40.8 Å². The smallest absolute Gasteiger partial charge is 0.310 e. The number of carbonyl (C=O) groups is 1. The van der Waals surface area contributed by atoms with Crippen LogP contribution in [-0.2, 0) is 11.3 Å². The number of carbonyl (C=O) groups excluding carboxylic acids is 1. The van der Waals surface area contributed by atoms with Gasteiger partial charge in [0.2, 0.25) is 0 Å². The Hall–Kier alpha value is -2.87. The molecular formula is C15H16N2O6. The predicted octanol–water partition coefficient (Wildman–Crippen LogP) is 2.14. The van der Waals surface area contributed by atoms with Gasteiger partial charge in [-0.05, 0) is 18.2 Å². The number of hydrogen-bond donors (Lipinski definition) is 1. The lowest BCUT2D eigenvalue weighted by Crippen LogP contribution is -2.26. The highest BCUT2D eigenvalue weighted by Gasteiger charge is 2.15. The molecule has 0 aliphatic rings. The maximum Gasteiger partial charge on any atom is 0.310 e. The molecule has 2 rings (SSSR count). The van der Waals surface area contributed by atoms with Gasteiger partial charge in [0.25, 0.3) is 5.91 Å². The first-order chi connectivity index (χ1) is 11.1. The molecule has 1 N–H and O–H groups in total. The Balaban J connectivity index is 1.95. The molecule has 0 spiro atoms. The lowest BCUT2D eigenvalue weighted by molar-refractivity contribution is -0.386. The van der Waals surface area contributed by atoms with E-state index < -0.39 is 4.92 Å². The first-order valence-electron chi connectivity index (χ1n) is 6.84. The topological polar surface area (TPSA) is 104 Å². The van der Waals surface area contributed by atoms with E-state index in [-0.39, 0.29) is 29.7 Å². The summed E-state index contributed by atoms with van der Waals surface area (Å²) in [5.41, 5.74) is -0.128. The third kappa shape index (κ3) is 4.55. The molecule has 1 aromatic carbocycles. The van der Waals surface area contributed by atoms with Crippen LogP contribution in [0.25, 0.3) is 0 Å². The number of nitro groups is 1. The van der Waals surface area contributed by atoms with Gasteiger partial charge in [0.15, 0.2) is 11.5 Å². The zero-order valence-corrected chi connectivity index (χ0v) is 12.5. The van der Waals surface area contributed by atoms with Gasteiger partial charge >= 0.3 is 5.69 Å². The van der Waals surface area contributed by atoms with E-state index in [0.717, 1.165) is 0 Å². The fourth-order valence-corrected chi connectivity index (χ4v) is 1.81. The summed E-state index contributed by atoms with van der Waals surface area (Å²) in [6.45, 7) is 0.758. The van der Waals surface area contributed by atoms with Crippen molar-refractivity contribution in [3.63, 3.8) is 0 Å². The average Bonchev–Trinajstić information content (AvgIpc) is 3.02. The zero-order chi connectivity index (χ0) is 16.7. The van der Waals surface area contributed by atoms with Crippen molar-refractivity contribution in [1.82, 2.24) is 5.32 Å². The lowest BCUT2D eigenvalue weighted by atomic mass is 10.3. The summed E-state index contributed by atoms with van der Waals surface area (Å²) in [4.78, 5) is 22.1. The minimum Gasteiger partial charge on any atom is -0.479 e. The Kier molecular flexibility index (Phi) is 5.70. The summed E-state index contributed by atoms with van der Waals surface area (Å²) in [7, 11) is 1.54. The van der Waals surface area contributed by atoms with Gasteiger partial charge in [0.05, 0.1) is 11.5 Å². The number of methoxy groups -OCH3 is 1. The molecule has 1 amide bonds. The van der Waals surface area contributed by atoms with Crippen molar-refractivity contribution in [2.75, 3.05) is 20.3 Å². The number of benzene rings is 1. The molecule has 0 aliphatic carbocycles. The third-order valence-corrected chi connectivity index (χ3v) is 2.91. The SMILES string of the molecule is COCCNC(=O)c1ccc(COc2ccccc2[N+](=O)[O-])o1. The number of nitrogens with one attached hydrogen (secondary N) is 1. The molecule has 122 valence electrons. The molecule has 0 atom stereocenters. The van der Waals surface area contributed by atoms with Gasteiger partial charge in [-0.2, -0.15) is 0 Å². The Morgan fingerprint density at radius 1 is 1.30 bits per heavy atom. The summed E-state index contributed by atoms with van der Waals surface area (Å²) >= 11 is 0.